The molecule has 3 nitrogen and oxygen atoms in total. The molecule has 0 atom stereocenters. The zero-order chi connectivity index (χ0) is 11.5. The maximum absolute atomic E-state index is 8.63. The number of piperidine rings is 1. The van der Waals surface area contributed by atoms with Crippen molar-refractivity contribution < 1.29 is 5.11 Å². The van der Waals surface area contributed by atoms with E-state index in [1.165, 1.54) is 58.2 Å². The molecule has 0 aliphatic carbocycles. The van der Waals surface area contributed by atoms with Crippen LogP contribution in [0.2, 0.25) is 0 Å². The van der Waals surface area contributed by atoms with Crippen LogP contribution in [0.25, 0.3) is 0 Å². The molecule has 0 spiro atoms. The second kappa shape index (κ2) is 10.1. The van der Waals surface area contributed by atoms with E-state index >= 15 is 0 Å². The van der Waals surface area contributed by atoms with E-state index in [-0.39, 0.29) is 0 Å². The molecule has 1 aliphatic rings. The van der Waals surface area contributed by atoms with Crippen molar-refractivity contribution in [2.45, 2.75) is 44.9 Å². The highest BCUT2D eigenvalue weighted by Gasteiger charge is 2.08. The largest absolute Gasteiger partial charge is 0.396 e. The molecule has 1 saturated heterocycles. The van der Waals surface area contributed by atoms with Crippen LogP contribution in [0.1, 0.15) is 44.9 Å². The predicted molar refractivity (Wildman–Crippen MR) is 68.7 cm³/mol. The van der Waals surface area contributed by atoms with E-state index in [9.17, 15) is 0 Å². The summed E-state index contributed by atoms with van der Waals surface area (Å²) in [6, 6.07) is 0. The number of hydrogen-bond acceptors (Lipinski definition) is 3. The van der Waals surface area contributed by atoms with Gasteiger partial charge in [0.15, 0.2) is 0 Å². The Hall–Kier alpha value is -0.120. The predicted octanol–water partition coefficient (Wildman–Crippen LogP) is 1.61. The Bertz CT molecular complexity index is 147. The Morgan fingerprint density at radius 1 is 0.875 bits per heavy atom. The first-order chi connectivity index (χ1) is 7.93. The lowest BCUT2D eigenvalue weighted by atomic mass is 10.1. The summed E-state index contributed by atoms with van der Waals surface area (Å²) in [7, 11) is 0. The molecule has 96 valence electrons. The number of nitrogens with zero attached hydrogens (tertiary/aromatic N) is 1. The monoisotopic (exact) mass is 228 g/mol. The Balaban J connectivity index is 1.77. The van der Waals surface area contributed by atoms with Crippen LogP contribution in [-0.2, 0) is 0 Å². The molecule has 0 aromatic heterocycles. The molecule has 0 aromatic carbocycles. The number of rotatable bonds is 9. The van der Waals surface area contributed by atoms with Gasteiger partial charge in [-0.2, -0.15) is 0 Å². The molecule has 2 N–H and O–H groups in total. The summed E-state index contributed by atoms with van der Waals surface area (Å²) in [4.78, 5) is 2.57. The summed E-state index contributed by atoms with van der Waals surface area (Å²) >= 11 is 0. The summed E-state index contributed by atoms with van der Waals surface area (Å²) in [5.74, 6) is 0. The highest BCUT2D eigenvalue weighted by atomic mass is 16.2. The average Bonchev–Trinajstić information content (AvgIpc) is 2.34. The summed E-state index contributed by atoms with van der Waals surface area (Å²) in [6.07, 6.45) is 8.84. The minimum Gasteiger partial charge on any atom is -0.396 e. The quantitative estimate of drug-likeness (QED) is 0.589. The van der Waals surface area contributed by atoms with Gasteiger partial charge in [0.2, 0.25) is 0 Å². The molecule has 0 amide bonds. The van der Waals surface area contributed by atoms with Crippen LogP contribution in [0.4, 0.5) is 0 Å². The van der Waals surface area contributed by atoms with Crippen LogP contribution < -0.4 is 5.32 Å². The van der Waals surface area contributed by atoms with Crippen molar-refractivity contribution in [2.75, 3.05) is 39.3 Å². The lowest BCUT2D eigenvalue weighted by Crippen LogP contribution is -2.36. The van der Waals surface area contributed by atoms with Crippen LogP contribution >= 0.6 is 0 Å². The number of aliphatic hydroxyl groups is 1. The molecule has 1 aliphatic heterocycles. The minimum atomic E-state index is 0.350. The highest BCUT2D eigenvalue weighted by molar-refractivity contribution is 4.65. The van der Waals surface area contributed by atoms with Gasteiger partial charge in [0.05, 0.1) is 0 Å². The molecular formula is C13H28N2O. The third-order valence-corrected chi connectivity index (χ3v) is 3.32. The van der Waals surface area contributed by atoms with Gasteiger partial charge in [0.25, 0.3) is 0 Å². The van der Waals surface area contributed by atoms with Crippen molar-refractivity contribution >= 4 is 0 Å². The van der Waals surface area contributed by atoms with E-state index < -0.39 is 0 Å². The molecular weight excluding hydrogens is 200 g/mol. The molecule has 0 saturated carbocycles. The van der Waals surface area contributed by atoms with E-state index in [2.05, 4.69) is 10.2 Å². The Morgan fingerprint density at radius 3 is 2.38 bits per heavy atom. The third kappa shape index (κ3) is 7.20. The maximum atomic E-state index is 8.63. The van der Waals surface area contributed by atoms with Gasteiger partial charge >= 0.3 is 0 Å². The van der Waals surface area contributed by atoms with Gasteiger partial charge < -0.3 is 15.3 Å². The molecule has 1 heterocycles. The van der Waals surface area contributed by atoms with Crippen LogP contribution in [0, 0.1) is 0 Å². The highest BCUT2D eigenvalue weighted by Crippen LogP contribution is 2.07. The van der Waals surface area contributed by atoms with Crippen LogP contribution in [-0.4, -0.2) is 49.3 Å². The average molecular weight is 228 g/mol. The Morgan fingerprint density at radius 2 is 1.62 bits per heavy atom. The van der Waals surface area contributed by atoms with Crippen molar-refractivity contribution in [3.8, 4) is 0 Å². The van der Waals surface area contributed by atoms with Gasteiger partial charge in [0.1, 0.15) is 0 Å². The van der Waals surface area contributed by atoms with Gasteiger partial charge in [-0.1, -0.05) is 19.3 Å². The summed E-state index contributed by atoms with van der Waals surface area (Å²) in [6.45, 7) is 6.45. The number of likely N-dealkylation sites (tertiary alicyclic amines) is 1. The van der Waals surface area contributed by atoms with Crippen LogP contribution in [0.3, 0.4) is 0 Å². The summed E-state index contributed by atoms with van der Waals surface area (Å²) in [5.41, 5.74) is 0. The van der Waals surface area contributed by atoms with Gasteiger partial charge in [-0.25, -0.2) is 0 Å². The Labute approximate surface area is 100 Å². The summed E-state index contributed by atoms with van der Waals surface area (Å²) < 4.78 is 0. The molecule has 1 fully saturated rings. The fourth-order valence-corrected chi connectivity index (χ4v) is 2.26. The number of hydrogen-bond donors (Lipinski definition) is 2. The zero-order valence-electron chi connectivity index (χ0n) is 10.6. The van der Waals surface area contributed by atoms with Crippen molar-refractivity contribution in [1.29, 1.82) is 0 Å². The fourth-order valence-electron chi connectivity index (χ4n) is 2.26. The number of unbranched alkanes of at least 4 members (excludes halogenated alkanes) is 3. The number of nitrogens with one attached hydrogen (secondary N) is 1. The van der Waals surface area contributed by atoms with Gasteiger partial charge in [-0.15, -0.1) is 0 Å². The van der Waals surface area contributed by atoms with Gasteiger partial charge in [-0.3, -0.25) is 0 Å². The van der Waals surface area contributed by atoms with Crippen molar-refractivity contribution in [3.05, 3.63) is 0 Å². The third-order valence-electron chi connectivity index (χ3n) is 3.32. The first kappa shape index (κ1) is 13.9. The molecule has 0 aromatic rings. The first-order valence-electron chi connectivity index (χ1n) is 6.97. The number of aliphatic hydroxyl groups excluding tert-OH is 1. The molecule has 1 rings (SSSR count). The zero-order valence-corrected chi connectivity index (χ0v) is 10.6. The smallest absolute Gasteiger partial charge is 0.0431 e. The Kier molecular flexibility index (Phi) is 8.77. The van der Waals surface area contributed by atoms with E-state index in [1.54, 1.807) is 0 Å². The maximum Gasteiger partial charge on any atom is 0.0431 e. The van der Waals surface area contributed by atoms with Crippen LogP contribution in [0.5, 0.6) is 0 Å². The normalized spacial score (nSPS) is 17.8. The van der Waals surface area contributed by atoms with Gasteiger partial charge in [0, 0.05) is 19.7 Å². The molecule has 0 bridgehead atoms. The second-order valence-corrected chi connectivity index (χ2v) is 4.79. The van der Waals surface area contributed by atoms with E-state index in [0.717, 1.165) is 19.5 Å². The minimum absolute atomic E-state index is 0.350. The molecule has 0 radical (unpaired) electrons. The van der Waals surface area contributed by atoms with Gasteiger partial charge in [-0.05, 0) is 45.3 Å². The lowest BCUT2D eigenvalue weighted by molar-refractivity contribution is 0.229. The first-order valence-corrected chi connectivity index (χ1v) is 6.97. The van der Waals surface area contributed by atoms with E-state index in [0.29, 0.717) is 6.61 Å². The standard InChI is InChI=1S/C13H28N2O/c16-13-7-2-1-4-8-14-9-12-15-10-5-3-6-11-15/h14,16H,1-13H2. The molecule has 0 unspecified atom stereocenters. The van der Waals surface area contributed by atoms with Crippen LogP contribution in [0.15, 0.2) is 0 Å². The van der Waals surface area contributed by atoms with Crippen molar-refractivity contribution in [1.82, 2.24) is 10.2 Å². The summed E-state index contributed by atoms with van der Waals surface area (Å²) in [5, 5.41) is 12.1. The lowest BCUT2D eigenvalue weighted by Gasteiger charge is -2.26. The molecule has 16 heavy (non-hydrogen) atoms. The van der Waals surface area contributed by atoms with E-state index in [4.69, 9.17) is 5.11 Å². The van der Waals surface area contributed by atoms with Crippen molar-refractivity contribution in [2.24, 2.45) is 0 Å². The fraction of sp³-hybridized carbons (Fsp3) is 1.00. The second-order valence-electron chi connectivity index (χ2n) is 4.79. The van der Waals surface area contributed by atoms with E-state index in [1.807, 2.05) is 0 Å². The topological polar surface area (TPSA) is 35.5 Å². The molecule has 3 heteroatoms. The van der Waals surface area contributed by atoms with Crippen molar-refractivity contribution in [3.63, 3.8) is 0 Å². The SMILES string of the molecule is OCCCCCCNCCN1CCCCC1.